The fraction of sp³-hybridized carbons (Fsp3) is 0.286. The van der Waals surface area contributed by atoms with Gasteiger partial charge in [0.2, 0.25) is 11.7 Å². The largest absolute Gasteiger partial charge is 0.493 e. The Morgan fingerprint density at radius 3 is 2.50 bits per heavy atom. The van der Waals surface area contributed by atoms with Crippen LogP contribution in [0, 0.1) is 5.82 Å². The highest BCUT2D eigenvalue weighted by Crippen LogP contribution is 2.44. The van der Waals surface area contributed by atoms with Crippen LogP contribution in [0.4, 0.5) is 4.39 Å². The van der Waals surface area contributed by atoms with E-state index in [1.54, 1.807) is 39.5 Å². The second-order valence-corrected chi connectivity index (χ2v) is 6.25. The second-order valence-electron chi connectivity index (χ2n) is 6.25. The summed E-state index contributed by atoms with van der Waals surface area (Å²) in [7, 11) is 4.70. The Morgan fingerprint density at radius 2 is 1.82 bits per heavy atom. The maximum Gasteiger partial charge on any atom is 0.224 e. The van der Waals surface area contributed by atoms with Crippen molar-refractivity contribution >= 4 is 16.8 Å². The van der Waals surface area contributed by atoms with Crippen LogP contribution in [0.1, 0.15) is 11.1 Å². The van der Waals surface area contributed by atoms with Crippen molar-refractivity contribution in [3.8, 4) is 17.2 Å². The number of hydrogen-bond donors (Lipinski definition) is 2. The number of methoxy groups -OCH3 is 3. The zero-order valence-electron chi connectivity index (χ0n) is 16.1. The van der Waals surface area contributed by atoms with Gasteiger partial charge in [-0.05, 0) is 23.6 Å². The third-order valence-electron chi connectivity index (χ3n) is 4.58. The lowest BCUT2D eigenvalue weighted by Crippen LogP contribution is -2.27. The lowest BCUT2D eigenvalue weighted by atomic mass is 10.1. The second kappa shape index (κ2) is 8.65. The van der Waals surface area contributed by atoms with E-state index in [4.69, 9.17) is 14.2 Å². The summed E-state index contributed by atoms with van der Waals surface area (Å²) in [6, 6.07) is 8.12. The Labute approximate surface area is 162 Å². The topological polar surface area (TPSA) is 72.6 Å². The van der Waals surface area contributed by atoms with Crippen molar-refractivity contribution < 1.29 is 23.4 Å². The molecule has 1 aromatic heterocycles. The predicted molar refractivity (Wildman–Crippen MR) is 105 cm³/mol. The molecule has 0 aliphatic carbocycles. The molecule has 1 amide bonds. The molecule has 0 aliphatic heterocycles. The lowest BCUT2D eigenvalue weighted by Gasteiger charge is -2.14. The van der Waals surface area contributed by atoms with E-state index >= 15 is 0 Å². The Bertz CT molecular complexity index is 984. The molecule has 2 aromatic carbocycles. The molecule has 0 spiro atoms. The monoisotopic (exact) mass is 386 g/mol. The minimum Gasteiger partial charge on any atom is -0.493 e. The summed E-state index contributed by atoms with van der Waals surface area (Å²) >= 11 is 0. The lowest BCUT2D eigenvalue weighted by molar-refractivity contribution is -0.120. The summed E-state index contributed by atoms with van der Waals surface area (Å²) in [4.78, 5) is 15.3. The first-order valence-electron chi connectivity index (χ1n) is 8.88. The normalized spacial score (nSPS) is 10.7. The van der Waals surface area contributed by atoms with Gasteiger partial charge < -0.3 is 24.5 Å². The molecular weight excluding hydrogens is 363 g/mol. The molecule has 148 valence electrons. The Morgan fingerprint density at radius 1 is 1.07 bits per heavy atom. The van der Waals surface area contributed by atoms with Crippen LogP contribution in [-0.4, -0.2) is 38.8 Å². The highest BCUT2D eigenvalue weighted by molar-refractivity contribution is 5.94. The minimum absolute atomic E-state index is 0.00883. The highest BCUT2D eigenvalue weighted by Gasteiger charge is 2.19. The Balaban J connectivity index is 1.73. The Hall–Kier alpha value is -3.22. The van der Waals surface area contributed by atoms with Crippen LogP contribution in [0.2, 0.25) is 0 Å². The van der Waals surface area contributed by atoms with Gasteiger partial charge in [-0.1, -0.05) is 18.2 Å². The number of benzene rings is 2. The fourth-order valence-electron chi connectivity index (χ4n) is 3.24. The van der Waals surface area contributed by atoms with E-state index in [0.29, 0.717) is 35.8 Å². The molecule has 3 rings (SSSR count). The molecule has 28 heavy (non-hydrogen) atoms. The van der Waals surface area contributed by atoms with Gasteiger partial charge in [-0.15, -0.1) is 0 Å². The van der Waals surface area contributed by atoms with E-state index in [9.17, 15) is 9.18 Å². The number of amides is 1. The first kappa shape index (κ1) is 19.5. The summed E-state index contributed by atoms with van der Waals surface area (Å²) in [6.07, 6.45) is 2.46. The maximum absolute atomic E-state index is 13.7. The van der Waals surface area contributed by atoms with E-state index in [1.165, 1.54) is 6.07 Å². The summed E-state index contributed by atoms with van der Waals surface area (Å²) < 4.78 is 30.0. The summed E-state index contributed by atoms with van der Waals surface area (Å²) in [5.74, 6) is 1.06. The van der Waals surface area contributed by atoms with Gasteiger partial charge >= 0.3 is 0 Å². The van der Waals surface area contributed by atoms with E-state index in [2.05, 4.69) is 10.3 Å². The van der Waals surface area contributed by atoms with Crippen molar-refractivity contribution in [1.29, 1.82) is 0 Å². The summed E-state index contributed by atoms with van der Waals surface area (Å²) in [5, 5.41) is 3.71. The minimum atomic E-state index is -0.375. The van der Waals surface area contributed by atoms with Gasteiger partial charge in [0.15, 0.2) is 11.5 Å². The van der Waals surface area contributed by atoms with Crippen LogP contribution in [0.15, 0.2) is 36.5 Å². The highest BCUT2D eigenvalue weighted by atomic mass is 19.1. The Kier molecular flexibility index (Phi) is 6.03. The van der Waals surface area contributed by atoms with Gasteiger partial charge in [0.1, 0.15) is 5.82 Å². The molecule has 1 heterocycles. The molecule has 0 unspecified atom stereocenters. The molecule has 0 radical (unpaired) electrons. The van der Waals surface area contributed by atoms with Crippen LogP contribution >= 0.6 is 0 Å². The number of hydrogen-bond acceptors (Lipinski definition) is 4. The van der Waals surface area contributed by atoms with Crippen LogP contribution in [0.5, 0.6) is 17.2 Å². The fourth-order valence-corrected chi connectivity index (χ4v) is 3.24. The van der Waals surface area contributed by atoms with Gasteiger partial charge in [-0.25, -0.2) is 4.39 Å². The van der Waals surface area contributed by atoms with Crippen molar-refractivity contribution in [1.82, 2.24) is 10.3 Å². The molecule has 3 aromatic rings. The third-order valence-corrected chi connectivity index (χ3v) is 4.58. The number of carbonyl (C=O) groups is 1. The first-order valence-corrected chi connectivity index (χ1v) is 8.88. The van der Waals surface area contributed by atoms with Gasteiger partial charge in [-0.2, -0.15) is 0 Å². The average molecular weight is 386 g/mol. The van der Waals surface area contributed by atoms with Crippen molar-refractivity contribution in [2.75, 3.05) is 27.9 Å². The van der Waals surface area contributed by atoms with Crippen LogP contribution in [0.25, 0.3) is 10.9 Å². The SMILES string of the molecule is COc1cc2[nH]cc(CCNC(=O)Cc3ccccc3F)c2c(OC)c1OC. The zero-order chi connectivity index (χ0) is 20.1. The number of nitrogens with one attached hydrogen (secondary N) is 2. The molecule has 0 aliphatic rings. The third kappa shape index (κ3) is 3.88. The van der Waals surface area contributed by atoms with Crippen molar-refractivity contribution in [3.05, 3.63) is 53.5 Å². The number of fused-ring (bicyclic) bond motifs is 1. The van der Waals surface area contributed by atoms with Crippen LogP contribution in [-0.2, 0) is 17.6 Å². The van der Waals surface area contributed by atoms with Gasteiger partial charge in [0, 0.05) is 24.2 Å². The number of halogens is 1. The maximum atomic E-state index is 13.7. The van der Waals surface area contributed by atoms with E-state index < -0.39 is 0 Å². The van der Waals surface area contributed by atoms with E-state index in [1.807, 2.05) is 12.3 Å². The van der Waals surface area contributed by atoms with Gasteiger partial charge in [0.05, 0.1) is 33.3 Å². The molecule has 6 nitrogen and oxygen atoms in total. The molecule has 2 N–H and O–H groups in total. The predicted octanol–water partition coefficient (Wildman–Crippen LogP) is 3.23. The smallest absolute Gasteiger partial charge is 0.224 e. The number of ether oxygens (including phenoxy) is 3. The van der Waals surface area contributed by atoms with Crippen molar-refractivity contribution in [3.63, 3.8) is 0 Å². The molecule has 0 saturated carbocycles. The first-order chi connectivity index (χ1) is 13.6. The van der Waals surface area contributed by atoms with Crippen molar-refractivity contribution in [2.24, 2.45) is 0 Å². The number of carbonyl (C=O) groups excluding carboxylic acids is 1. The van der Waals surface area contributed by atoms with E-state index in [0.717, 1.165) is 16.5 Å². The van der Waals surface area contributed by atoms with E-state index in [-0.39, 0.29) is 18.1 Å². The van der Waals surface area contributed by atoms with Gasteiger partial charge in [0.25, 0.3) is 0 Å². The quantitative estimate of drug-likeness (QED) is 0.623. The molecule has 7 heteroatoms. The summed E-state index contributed by atoms with van der Waals surface area (Å²) in [5.41, 5.74) is 2.20. The number of H-pyrrole nitrogens is 1. The average Bonchev–Trinajstić information content (AvgIpc) is 3.10. The number of rotatable bonds is 8. The molecule has 0 fully saturated rings. The number of aromatic amines is 1. The standard InChI is InChI=1S/C21H23FN2O4/c1-26-17-11-16-19(21(28-3)20(17)27-2)14(12-24-16)8-9-23-18(25)10-13-6-4-5-7-15(13)22/h4-7,11-12,24H,8-10H2,1-3H3,(H,23,25). The number of aromatic nitrogens is 1. The summed E-state index contributed by atoms with van der Waals surface area (Å²) in [6.45, 7) is 0.414. The molecule has 0 saturated heterocycles. The van der Waals surface area contributed by atoms with Gasteiger partial charge in [-0.3, -0.25) is 4.79 Å². The van der Waals surface area contributed by atoms with Crippen LogP contribution in [0.3, 0.4) is 0 Å². The zero-order valence-corrected chi connectivity index (χ0v) is 16.1. The molecule has 0 atom stereocenters. The van der Waals surface area contributed by atoms with Crippen LogP contribution < -0.4 is 19.5 Å². The molecule has 0 bridgehead atoms. The molecular formula is C21H23FN2O4. The van der Waals surface area contributed by atoms with Crippen molar-refractivity contribution in [2.45, 2.75) is 12.8 Å².